The summed E-state index contributed by atoms with van der Waals surface area (Å²) in [6.07, 6.45) is 1.83. The molecule has 5 nitrogen and oxygen atoms in total. The summed E-state index contributed by atoms with van der Waals surface area (Å²) >= 11 is 5.99. The number of pyridine rings is 1. The van der Waals surface area contributed by atoms with Crippen molar-refractivity contribution in [2.75, 3.05) is 11.2 Å². The Bertz CT molecular complexity index is 1160. The molecule has 1 N–H and O–H groups in total. The van der Waals surface area contributed by atoms with Crippen LogP contribution in [0.3, 0.4) is 0 Å². The highest BCUT2D eigenvalue weighted by atomic mass is 35.5. The molecule has 4 rings (SSSR count). The Labute approximate surface area is 154 Å². The van der Waals surface area contributed by atoms with E-state index in [0.29, 0.717) is 27.5 Å². The predicted molar refractivity (Wildman–Crippen MR) is 100.0 cm³/mol. The highest BCUT2D eigenvalue weighted by Crippen LogP contribution is 2.28. The molecule has 0 spiro atoms. The number of aromatic nitrogens is 1. The second kappa shape index (κ2) is 6.34. The van der Waals surface area contributed by atoms with Gasteiger partial charge in [-0.2, -0.15) is 5.10 Å². The van der Waals surface area contributed by atoms with Crippen LogP contribution in [0.1, 0.15) is 12.0 Å². The van der Waals surface area contributed by atoms with Gasteiger partial charge in [-0.15, -0.1) is 0 Å². The summed E-state index contributed by atoms with van der Waals surface area (Å²) in [7, 11) is -3.41. The molecule has 2 heterocycles. The van der Waals surface area contributed by atoms with E-state index in [1.807, 2.05) is 6.07 Å². The smallest absolute Gasteiger partial charge is 0.179 e. The first-order valence-electron chi connectivity index (χ1n) is 7.83. The lowest BCUT2D eigenvalue weighted by atomic mass is 10.1. The Morgan fingerprint density at radius 3 is 2.85 bits per heavy atom. The van der Waals surface area contributed by atoms with Gasteiger partial charge in [-0.1, -0.05) is 11.6 Å². The van der Waals surface area contributed by atoms with E-state index < -0.39 is 15.7 Å². The number of nitrogens with one attached hydrogen (secondary N) is 1. The lowest BCUT2D eigenvalue weighted by Crippen LogP contribution is -2.23. The van der Waals surface area contributed by atoms with Gasteiger partial charge in [-0.25, -0.2) is 12.8 Å². The molecule has 0 radical (unpaired) electrons. The zero-order valence-corrected chi connectivity index (χ0v) is 15.0. The molecule has 132 valence electrons. The summed E-state index contributed by atoms with van der Waals surface area (Å²) < 4.78 is 38.0. The standard InChI is InChI=1S/C18H13ClFN3O2S/c19-11-1-3-13-15(5-7-21-17(13)9-11)22-23-16-6-8-26(24,25)18-4-2-12(20)10-14(16)18/h1-5,7,9-10H,6,8H2,(H,21,22)/b23-16+. The fourth-order valence-electron chi connectivity index (χ4n) is 2.94. The van der Waals surface area contributed by atoms with Gasteiger partial charge in [0.25, 0.3) is 0 Å². The number of hydrazone groups is 1. The predicted octanol–water partition coefficient (Wildman–Crippen LogP) is 4.02. The van der Waals surface area contributed by atoms with Crippen LogP contribution in [0.2, 0.25) is 5.02 Å². The number of hydrogen-bond acceptors (Lipinski definition) is 5. The largest absolute Gasteiger partial charge is 0.277 e. The molecule has 3 aromatic rings. The second-order valence-corrected chi connectivity index (χ2v) is 8.41. The zero-order chi connectivity index (χ0) is 18.3. The van der Waals surface area contributed by atoms with E-state index in [-0.39, 0.29) is 17.1 Å². The molecular formula is C18H13ClFN3O2S. The Balaban J connectivity index is 1.76. The van der Waals surface area contributed by atoms with Crippen LogP contribution in [0.5, 0.6) is 0 Å². The average Bonchev–Trinajstić information content (AvgIpc) is 2.60. The maximum Gasteiger partial charge on any atom is 0.179 e. The average molecular weight is 390 g/mol. The van der Waals surface area contributed by atoms with Crippen molar-refractivity contribution in [3.05, 3.63) is 65.1 Å². The first kappa shape index (κ1) is 16.9. The lowest BCUT2D eigenvalue weighted by molar-refractivity contribution is 0.593. The molecule has 2 aromatic carbocycles. The number of benzene rings is 2. The van der Waals surface area contributed by atoms with Crippen LogP contribution in [0.25, 0.3) is 10.9 Å². The van der Waals surface area contributed by atoms with Crippen molar-refractivity contribution in [3.63, 3.8) is 0 Å². The SMILES string of the molecule is O=S1(=O)CC/C(=N\Nc2ccnc3cc(Cl)ccc23)c2cc(F)ccc21. The van der Waals surface area contributed by atoms with Crippen LogP contribution < -0.4 is 5.43 Å². The first-order valence-corrected chi connectivity index (χ1v) is 9.86. The number of anilines is 1. The van der Waals surface area contributed by atoms with Crippen LogP contribution >= 0.6 is 11.6 Å². The minimum absolute atomic E-state index is 0.0567. The molecule has 0 aliphatic carbocycles. The molecule has 8 heteroatoms. The van der Waals surface area contributed by atoms with Gasteiger partial charge in [0.15, 0.2) is 9.84 Å². The molecule has 1 aliphatic heterocycles. The number of rotatable bonds is 2. The summed E-state index contributed by atoms with van der Waals surface area (Å²) in [5, 5.41) is 5.75. The van der Waals surface area contributed by atoms with E-state index in [2.05, 4.69) is 15.5 Å². The van der Waals surface area contributed by atoms with Crippen molar-refractivity contribution in [2.24, 2.45) is 5.10 Å². The molecule has 0 fully saturated rings. The Hall–Kier alpha value is -2.51. The molecule has 0 atom stereocenters. The number of fused-ring (bicyclic) bond motifs is 2. The van der Waals surface area contributed by atoms with Gasteiger partial charge in [-0.3, -0.25) is 10.4 Å². The summed E-state index contributed by atoms with van der Waals surface area (Å²) in [5.74, 6) is -0.559. The van der Waals surface area contributed by atoms with Gasteiger partial charge in [0.05, 0.1) is 27.6 Å². The quantitative estimate of drug-likeness (QED) is 0.530. The fraction of sp³-hybridized carbons (Fsp3) is 0.111. The Morgan fingerprint density at radius 1 is 1.15 bits per heavy atom. The van der Waals surface area contributed by atoms with Crippen LogP contribution in [0.4, 0.5) is 10.1 Å². The minimum Gasteiger partial charge on any atom is -0.277 e. The number of hydrogen-bond donors (Lipinski definition) is 1. The van der Waals surface area contributed by atoms with E-state index in [9.17, 15) is 12.8 Å². The van der Waals surface area contributed by atoms with Crippen molar-refractivity contribution in [1.82, 2.24) is 4.98 Å². The van der Waals surface area contributed by atoms with Crippen molar-refractivity contribution in [2.45, 2.75) is 11.3 Å². The second-order valence-electron chi connectivity index (χ2n) is 5.90. The number of nitrogens with zero attached hydrogens (tertiary/aromatic N) is 2. The summed E-state index contributed by atoms with van der Waals surface area (Å²) in [6, 6.07) is 10.7. The van der Waals surface area contributed by atoms with Crippen LogP contribution in [-0.2, 0) is 9.84 Å². The molecule has 0 bridgehead atoms. The lowest BCUT2D eigenvalue weighted by Gasteiger charge is -2.18. The molecule has 1 aromatic heterocycles. The van der Waals surface area contributed by atoms with Crippen LogP contribution in [0.15, 0.2) is 58.7 Å². The van der Waals surface area contributed by atoms with Gasteiger partial charge in [0, 0.05) is 28.6 Å². The van der Waals surface area contributed by atoms with E-state index in [0.717, 1.165) is 11.5 Å². The van der Waals surface area contributed by atoms with Gasteiger partial charge >= 0.3 is 0 Å². The third-order valence-electron chi connectivity index (χ3n) is 4.21. The Kier molecular flexibility index (Phi) is 4.13. The maximum atomic E-state index is 13.6. The molecule has 0 unspecified atom stereocenters. The molecular weight excluding hydrogens is 377 g/mol. The zero-order valence-electron chi connectivity index (χ0n) is 13.4. The first-order chi connectivity index (χ1) is 12.4. The molecule has 0 amide bonds. The highest BCUT2D eigenvalue weighted by molar-refractivity contribution is 7.91. The third kappa shape index (κ3) is 3.04. The Morgan fingerprint density at radius 2 is 2.00 bits per heavy atom. The summed E-state index contributed by atoms with van der Waals surface area (Å²) in [4.78, 5) is 4.37. The molecule has 26 heavy (non-hydrogen) atoms. The van der Waals surface area contributed by atoms with Gasteiger partial charge in [0.1, 0.15) is 5.82 Å². The topological polar surface area (TPSA) is 71.4 Å². The van der Waals surface area contributed by atoms with Crippen molar-refractivity contribution < 1.29 is 12.8 Å². The number of sulfone groups is 1. The summed E-state index contributed by atoms with van der Waals surface area (Å²) in [5.41, 5.74) is 5.15. The third-order valence-corrected chi connectivity index (χ3v) is 6.21. The monoisotopic (exact) mass is 389 g/mol. The minimum atomic E-state index is -3.41. The van der Waals surface area contributed by atoms with E-state index in [4.69, 9.17) is 11.6 Å². The van der Waals surface area contributed by atoms with Gasteiger partial charge in [0.2, 0.25) is 0 Å². The van der Waals surface area contributed by atoms with E-state index >= 15 is 0 Å². The molecule has 0 saturated carbocycles. The van der Waals surface area contributed by atoms with Gasteiger partial charge < -0.3 is 0 Å². The maximum absolute atomic E-state index is 13.6. The van der Waals surface area contributed by atoms with Crippen molar-refractivity contribution >= 4 is 43.7 Å². The van der Waals surface area contributed by atoms with Crippen LogP contribution in [0, 0.1) is 5.82 Å². The van der Waals surface area contributed by atoms with E-state index in [1.165, 1.54) is 12.1 Å². The van der Waals surface area contributed by atoms with Crippen LogP contribution in [-0.4, -0.2) is 24.9 Å². The fourth-order valence-corrected chi connectivity index (χ4v) is 4.57. The molecule has 0 saturated heterocycles. The molecule has 1 aliphatic rings. The highest BCUT2D eigenvalue weighted by Gasteiger charge is 2.28. The van der Waals surface area contributed by atoms with Crippen molar-refractivity contribution in [1.29, 1.82) is 0 Å². The normalized spacial score (nSPS) is 17.2. The summed E-state index contributed by atoms with van der Waals surface area (Å²) in [6.45, 7) is 0. The van der Waals surface area contributed by atoms with E-state index in [1.54, 1.807) is 24.4 Å². The number of halogens is 2. The van der Waals surface area contributed by atoms with Gasteiger partial charge in [-0.05, 0) is 42.5 Å². The van der Waals surface area contributed by atoms with Crippen molar-refractivity contribution in [3.8, 4) is 0 Å².